The summed E-state index contributed by atoms with van der Waals surface area (Å²) in [4.78, 5) is 23.4. The Labute approximate surface area is 164 Å². The van der Waals surface area contributed by atoms with Crippen LogP contribution in [0.3, 0.4) is 0 Å². The van der Waals surface area contributed by atoms with E-state index < -0.39 is 0 Å². The van der Waals surface area contributed by atoms with E-state index in [4.69, 9.17) is 0 Å². The first-order valence-electron chi connectivity index (χ1n) is 8.77. The summed E-state index contributed by atoms with van der Waals surface area (Å²) in [6.07, 6.45) is 2.56. The second kappa shape index (κ2) is 11.1. The molecule has 146 valence electrons. The predicted octanol–water partition coefficient (Wildman–Crippen LogP) is 2.03. The van der Waals surface area contributed by atoms with Gasteiger partial charge in [-0.2, -0.15) is 10.2 Å². The van der Waals surface area contributed by atoms with Crippen molar-refractivity contribution in [2.24, 2.45) is 10.2 Å². The zero-order valence-corrected chi connectivity index (χ0v) is 15.9. The summed E-state index contributed by atoms with van der Waals surface area (Å²) in [6, 6.07) is 15.4. The van der Waals surface area contributed by atoms with Gasteiger partial charge in [-0.1, -0.05) is 36.4 Å². The van der Waals surface area contributed by atoms with Crippen LogP contribution in [0, 0.1) is 13.8 Å². The molecular formula is C20H24N6O2. The maximum atomic E-state index is 11.7. The summed E-state index contributed by atoms with van der Waals surface area (Å²) in [7, 11) is 0. The molecule has 0 saturated carbocycles. The maximum absolute atomic E-state index is 11.7. The zero-order chi connectivity index (χ0) is 20.2. The highest BCUT2D eigenvalue weighted by atomic mass is 16.2. The van der Waals surface area contributed by atoms with Crippen LogP contribution in [0.15, 0.2) is 58.7 Å². The van der Waals surface area contributed by atoms with E-state index in [-0.39, 0.29) is 24.9 Å². The summed E-state index contributed by atoms with van der Waals surface area (Å²) < 4.78 is 0. The van der Waals surface area contributed by atoms with Gasteiger partial charge in [0.2, 0.25) is 0 Å². The quantitative estimate of drug-likeness (QED) is 0.394. The second-order valence-corrected chi connectivity index (χ2v) is 5.96. The van der Waals surface area contributed by atoms with E-state index in [0.717, 1.165) is 22.5 Å². The Balaban J connectivity index is 1.62. The monoisotopic (exact) mass is 380 g/mol. The van der Waals surface area contributed by atoms with Crippen LogP contribution in [0.4, 0.5) is 11.4 Å². The van der Waals surface area contributed by atoms with E-state index in [0.29, 0.717) is 0 Å². The van der Waals surface area contributed by atoms with Crippen LogP contribution in [0.5, 0.6) is 0 Å². The summed E-state index contributed by atoms with van der Waals surface area (Å²) in [5, 5.41) is 13.5. The van der Waals surface area contributed by atoms with Gasteiger partial charge in [-0.05, 0) is 37.1 Å². The third-order valence-electron chi connectivity index (χ3n) is 3.76. The van der Waals surface area contributed by atoms with Crippen LogP contribution in [-0.2, 0) is 9.59 Å². The fraction of sp³-hybridized carbons (Fsp3) is 0.200. The third kappa shape index (κ3) is 7.28. The first-order chi connectivity index (χ1) is 13.6. The minimum absolute atomic E-state index is 0.0979. The highest BCUT2D eigenvalue weighted by Gasteiger charge is 2.01. The molecular weight excluding hydrogens is 356 g/mol. The zero-order valence-electron chi connectivity index (χ0n) is 15.9. The van der Waals surface area contributed by atoms with Gasteiger partial charge in [0.1, 0.15) is 0 Å². The molecule has 2 aromatic carbocycles. The summed E-state index contributed by atoms with van der Waals surface area (Å²) in [5.74, 6) is -0.585. The topological polar surface area (TPSA) is 107 Å². The van der Waals surface area contributed by atoms with E-state index in [1.165, 1.54) is 12.4 Å². The number of hydrogen-bond donors (Lipinski definition) is 4. The van der Waals surface area contributed by atoms with Crippen LogP contribution in [0.25, 0.3) is 0 Å². The Morgan fingerprint density at radius 3 is 1.54 bits per heavy atom. The minimum Gasteiger partial charge on any atom is -0.376 e. The molecule has 0 aliphatic heterocycles. The van der Waals surface area contributed by atoms with Crippen LogP contribution in [0.1, 0.15) is 11.1 Å². The molecule has 0 aromatic heterocycles. The second-order valence-electron chi connectivity index (χ2n) is 5.96. The van der Waals surface area contributed by atoms with Crippen molar-refractivity contribution in [1.29, 1.82) is 0 Å². The van der Waals surface area contributed by atoms with Crippen molar-refractivity contribution >= 4 is 35.6 Å². The van der Waals surface area contributed by atoms with Crippen molar-refractivity contribution in [2.45, 2.75) is 13.8 Å². The Morgan fingerprint density at radius 2 is 1.14 bits per heavy atom. The third-order valence-corrected chi connectivity index (χ3v) is 3.76. The average molecular weight is 380 g/mol. The van der Waals surface area contributed by atoms with Gasteiger partial charge < -0.3 is 10.6 Å². The van der Waals surface area contributed by atoms with Crippen molar-refractivity contribution in [3.05, 3.63) is 59.7 Å². The van der Waals surface area contributed by atoms with Crippen molar-refractivity contribution in [3.8, 4) is 0 Å². The number of hydrogen-bond acceptors (Lipinski definition) is 6. The molecule has 0 spiro atoms. The van der Waals surface area contributed by atoms with Crippen molar-refractivity contribution < 1.29 is 9.59 Å². The number of nitrogens with one attached hydrogen (secondary N) is 4. The number of para-hydroxylation sites is 2. The summed E-state index contributed by atoms with van der Waals surface area (Å²) in [5.41, 5.74) is 8.63. The van der Waals surface area contributed by atoms with Crippen molar-refractivity contribution in [1.82, 2.24) is 10.9 Å². The molecule has 0 aliphatic rings. The molecule has 4 N–H and O–H groups in total. The van der Waals surface area contributed by atoms with E-state index in [1.807, 2.05) is 62.4 Å². The highest BCUT2D eigenvalue weighted by Crippen LogP contribution is 2.12. The number of benzene rings is 2. The number of rotatable bonds is 9. The van der Waals surface area contributed by atoms with Gasteiger partial charge >= 0.3 is 0 Å². The molecule has 2 amide bonds. The lowest BCUT2D eigenvalue weighted by Gasteiger charge is -2.07. The Bertz CT molecular complexity index is 792. The Hall–Kier alpha value is -3.68. The molecule has 2 aromatic rings. The van der Waals surface area contributed by atoms with Crippen molar-refractivity contribution in [2.75, 3.05) is 23.7 Å². The van der Waals surface area contributed by atoms with E-state index in [2.05, 4.69) is 31.7 Å². The molecule has 0 aliphatic carbocycles. The molecule has 8 nitrogen and oxygen atoms in total. The van der Waals surface area contributed by atoms with Gasteiger partial charge in [-0.15, -0.1) is 0 Å². The number of carbonyl (C=O) groups excluding carboxylic acids is 2. The standard InChI is InChI=1S/C20H24N6O2/c1-15-7-3-5-9-17(15)21-13-19(27)25-23-11-12-24-26-20(28)14-22-18-10-6-4-8-16(18)2/h3-12,21-22H,13-14H2,1-2H3,(H,25,27)(H,26,28)/b23-11+,24-12+. The minimum atomic E-state index is -0.292. The predicted molar refractivity (Wildman–Crippen MR) is 113 cm³/mol. The summed E-state index contributed by atoms with van der Waals surface area (Å²) in [6.45, 7) is 4.11. The van der Waals surface area contributed by atoms with Crippen molar-refractivity contribution in [3.63, 3.8) is 0 Å². The largest absolute Gasteiger partial charge is 0.376 e. The molecule has 0 saturated heterocycles. The number of amides is 2. The van der Waals surface area contributed by atoms with Gasteiger partial charge in [0.05, 0.1) is 25.5 Å². The Morgan fingerprint density at radius 1 is 0.750 bits per heavy atom. The number of anilines is 2. The highest BCUT2D eigenvalue weighted by molar-refractivity contribution is 6.16. The summed E-state index contributed by atoms with van der Waals surface area (Å²) >= 11 is 0. The number of carbonyl (C=O) groups is 2. The van der Waals surface area contributed by atoms with Gasteiger partial charge in [0.15, 0.2) is 0 Å². The average Bonchev–Trinajstić information content (AvgIpc) is 2.69. The van der Waals surface area contributed by atoms with Gasteiger partial charge in [0.25, 0.3) is 11.8 Å². The molecule has 0 heterocycles. The molecule has 0 fully saturated rings. The SMILES string of the molecule is Cc1ccccc1NCC(=O)N/N=C/C=N/NC(=O)CNc1ccccc1C. The number of hydrazone groups is 2. The lowest BCUT2D eigenvalue weighted by atomic mass is 10.2. The van der Waals surface area contributed by atoms with Crippen LogP contribution < -0.4 is 21.5 Å². The van der Waals surface area contributed by atoms with Crippen LogP contribution in [0.2, 0.25) is 0 Å². The van der Waals surface area contributed by atoms with Gasteiger partial charge in [0, 0.05) is 11.4 Å². The first kappa shape index (κ1) is 20.6. The number of aryl methyl sites for hydroxylation is 2. The molecule has 0 atom stereocenters. The Kier molecular flexibility index (Phi) is 8.19. The fourth-order valence-corrected chi connectivity index (χ4v) is 2.26. The molecule has 28 heavy (non-hydrogen) atoms. The van der Waals surface area contributed by atoms with E-state index in [9.17, 15) is 9.59 Å². The molecule has 2 rings (SSSR count). The molecule has 0 radical (unpaired) electrons. The van der Waals surface area contributed by atoms with Gasteiger partial charge in [-0.3, -0.25) is 9.59 Å². The first-order valence-corrected chi connectivity index (χ1v) is 8.77. The van der Waals surface area contributed by atoms with Crippen LogP contribution >= 0.6 is 0 Å². The molecule has 0 unspecified atom stereocenters. The molecule has 0 bridgehead atoms. The molecule has 8 heteroatoms. The maximum Gasteiger partial charge on any atom is 0.259 e. The lowest BCUT2D eigenvalue weighted by molar-refractivity contribution is -0.120. The normalized spacial score (nSPS) is 10.8. The van der Waals surface area contributed by atoms with E-state index >= 15 is 0 Å². The smallest absolute Gasteiger partial charge is 0.259 e. The number of nitrogens with zero attached hydrogens (tertiary/aromatic N) is 2. The lowest BCUT2D eigenvalue weighted by Crippen LogP contribution is -2.27. The van der Waals surface area contributed by atoms with Crippen LogP contribution in [-0.4, -0.2) is 37.3 Å². The van der Waals surface area contributed by atoms with Gasteiger partial charge in [-0.25, -0.2) is 10.9 Å². The fourth-order valence-electron chi connectivity index (χ4n) is 2.26. The van der Waals surface area contributed by atoms with E-state index in [1.54, 1.807) is 0 Å².